The van der Waals surface area contributed by atoms with Gasteiger partial charge in [0.25, 0.3) is 5.91 Å². The highest BCUT2D eigenvalue weighted by Crippen LogP contribution is 2.18. The molecular formula is C17H20N4O2. The summed E-state index contributed by atoms with van der Waals surface area (Å²) in [7, 11) is 1.61. The second-order valence-corrected chi connectivity index (χ2v) is 5.57. The molecule has 0 saturated carbocycles. The Hall–Kier alpha value is -2.63. The number of amides is 1. The molecule has 0 unspecified atom stereocenters. The molecule has 1 aliphatic rings. The highest BCUT2D eigenvalue weighted by molar-refractivity contribution is 6.03. The number of aryl methyl sites for hydroxylation is 1. The molecule has 3 rings (SSSR count). The van der Waals surface area contributed by atoms with Gasteiger partial charge in [-0.05, 0) is 50.1 Å². The van der Waals surface area contributed by atoms with Gasteiger partial charge in [0.2, 0.25) is 5.95 Å². The first-order valence-electron chi connectivity index (χ1n) is 7.72. The van der Waals surface area contributed by atoms with Gasteiger partial charge in [-0.2, -0.15) is 0 Å². The molecule has 0 spiro atoms. The van der Waals surface area contributed by atoms with Crippen molar-refractivity contribution in [2.45, 2.75) is 19.8 Å². The molecule has 1 amide bonds. The quantitative estimate of drug-likeness (QED) is 0.940. The Morgan fingerprint density at radius 2 is 1.87 bits per heavy atom. The molecule has 0 bridgehead atoms. The van der Waals surface area contributed by atoms with Crippen molar-refractivity contribution in [3.63, 3.8) is 0 Å². The summed E-state index contributed by atoms with van der Waals surface area (Å²) in [6, 6.07) is 8.91. The monoisotopic (exact) mass is 312 g/mol. The van der Waals surface area contributed by atoms with E-state index in [4.69, 9.17) is 4.74 Å². The zero-order valence-corrected chi connectivity index (χ0v) is 13.4. The largest absolute Gasteiger partial charge is 0.497 e. The van der Waals surface area contributed by atoms with E-state index in [2.05, 4.69) is 20.2 Å². The van der Waals surface area contributed by atoms with Gasteiger partial charge >= 0.3 is 0 Å². The Morgan fingerprint density at radius 3 is 2.52 bits per heavy atom. The van der Waals surface area contributed by atoms with Crippen LogP contribution in [-0.4, -0.2) is 36.1 Å². The number of carbonyl (C=O) groups excluding carboxylic acids is 1. The van der Waals surface area contributed by atoms with Gasteiger partial charge in [0.1, 0.15) is 11.4 Å². The molecule has 1 aliphatic heterocycles. The van der Waals surface area contributed by atoms with Crippen molar-refractivity contribution in [1.29, 1.82) is 0 Å². The average molecular weight is 312 g/mol. The minimum absolute atomic E-state index is 0.235. The van der Waals surface area contributed by atoms with E-state index >= 15 is 0 Å². The molecule has 6 heteroatoms. The van der Waals surface area contributed by atoms with Gasteiger partial charge in [-0.15, -0.1) is 0 Å². The smallest absolute Gasteiger partial charge is 0.274 e. The Balaban J connectivity index is 1.78. The second-order valence-electron chi connectivity index (χ2n) is 5.57. The Morgan fingerprint density at radius 1 is 1.17 bits per heavy atom. The number of aromatic nitrogens is 2. The highest BCUT2D eigenvalue weighted by atomic mass is 16.5. The van der Waals surface area contributed by atoms with Gasteiger partial charge in [-0.1, -0.05) is 0 Å². The summed E-state index contributed by atoms with van der Waals surface area (Å²) in [6.45, 7) is 3.78. The van der Waals surface area contributed by atoms with E-state index in [-0.39, 0.29) is 5.91 Å². The summed E-state index contributed by atoms with van der Waals surface area (Å²) in [6.07, 6.45) is 2.29. The van der Waals surface area contributed by atoms with E-state index in [1.807, 2.05) is 6.92 Å². The molecule has 2 aromatic rings. The van der Waals surface area contributed by atoms with Crippen LogP contribution in [0.2, 0.25) is 0 Å². The Bertz CT molecular complexity index is 694. The second kappa shape index (κ2) is 6.64. The van der Waals surface area contributed by atoms with Crippen molar-refractivity contribution in [2.75, 3.05) is 30.4 Å². The normalized spacial score (nSPS) is 13.9. The third kappa shape index (κ3) is 3.59. The zero-order valence-electron chi connectivity index (χ0n) is 13.4. The van der Waals surface area contributed by atoms with E-state index in [1.165, 1.54) is 0 Å². The van der Waals surface area contributed by atoms with Crippen molar-refractivity contribution in [3.8, 4) is 5.75 Å². The van der Waals surface area contributed by atoms with E-state index < -0.39 is 0 Å². The molecule has 1 aromatic carbocycles. The fourth-order valence-corrected chi connectivity index (χ4v) is 2.60. The van der Waals surface area contributed by atoms with Crippen LogP contribution in [0.3, 0.4) is 0 Å². The van der Waals surface area contributed by atoms with Gasteiger partial charge in [-0.3, -0.25) is 4.79 Å². The maximum atomic E-state index is 12.4. The number of nitrogens with zero attached hydrogens (tertiary/aromatic N) is 3. The zero-order chi connectivity index (χ0) is 16.2. The molecule has 2 heterocycles. The van der Waals surface area contributed by atoms with E-state index in [9.17, 15) is 4.79 Å². The molecule has 6 nitrogen and oxygen atoms in total. The van der Waals surface area contributed by atoms with E-state index in [1.54, 1.807) is 37.4 Å². The number of methoxy groups -OCH3 is 1. The molecule has 23 heavy (non-hydrogen) atoms. The number of hydrogen-bond donors (Lipinski definition) is 1. The summed E-state index contributed by atoms with van der Waals surface area (Å²) in [5, 5.41) is 2.85. The molecule has 1 fully saturated rings. The lowest BCUT2D eigenvalue weighted by molar-refractivity contribution is 0.102. The maximum absolute atomic E-state index is 12.4. The van der Waals surface area contributed by atoms with E-state index in [0.29, 0.717) is 17.3 Å². The molecule has 0 atom stereocenters. The number of anilines is 2. The first-order chi connectivity index (χ1) is 11.2. The molecule has 1 aromatic heterocycles. The summed E-state index contributed by atoms with van der Waals surface area (Å²) in [4.78, 5) is 23.4. The van der Waals surface area contributed by atoms with Crippen LogP contribution in [0.1, 0.15) is 29.0 Å². The number of rotatable bonds is 4. The van der Waals surface area contributed by atoms with Crippen LogP contribution in [-0.2, 0) is 0 Å². The number of hydrogen-bond acceptors (Lipinski definition) is 5. The van der Waals surface area contributed by atoms with Gasteiger partial charge < -0.3 is 15.0 Å². The van der Waals surface area contributed by atoms with Crippen molar-refractivity contribution in [1.82, 2.24) is 9.97 Å². The fourth-order valence-electron chi connectivity index (χ4n) is 2.60. The maximum Gasteiger partial charge on any atom is 0.274 e. The first kappa shape index (κ1) is 15.3. The van der Waals surface area contributed by atoms with Gasteiger partial charge in [0, 0.05) is 24.5 Å². The number of benzene rings is 1. The number of nitrogens with one attached hydrogen (secondary N) is 1. The van der Waals surface area contributed by atoms with Gasteiger partial charge in [0.05, 0.1) is 7.11 Å². The Labute approximate surface area is 135 Å². The summed E-state index contributed by atoms with van der Waals surface area (Å²) >= 11 is 0. The number of ether oxygens (including phenoxy) is 1. The van der Waals surface area contributed by atoms with Crippen LogP contribution in [0.15, 0.2) is 30.3 Å². The van der Waals surface area contributed by atoms with Crippen molar-refractivity contribution in [2.24, 2.45) is 0 Å². The van der Waals surface area contributed by atoms with Gasteiger partial charge in [-0.25, -0.2) is 9.97 Å². The molecule has 0 aliphatic carbocycles. The third-order valence-corrected chi connectivity index (χ3v) is 3.81. The fraction of sp³-hybridized carbons (Fsp3) is 0.353. The van der Waals surface area contributed by atoms with Crippen molar-refractivity contribution >= 4 is 17.5 Å². The minimum Gasteiger partial charge on any atom is -0.497 e. The van der Waals surface area contributed by atoms with Crippen LogP contribution in [0.4, 0.5) is 11.6 Å². The van der Waals surface area contributed by atoms with Gasteiger partial charge in [0.15, 0.2) is 0 Å². The van der Waals surface area contributed by atoms with Crippen LogP contribution in [0.5, 0.6) is 5.75 Å². The van der Waals surface area contributed by atoms with Crippen LogP contribution in [0.25, 0.3) is 0 Å². The lowest BCUT2D eigenvalue weighted by atomic mass is 10.2. The Kier molecular flexibility index (Phi) is 4.41. The van der Waals surface area contributed by atoms with E-state index in [0.717, 1.165) is 37.4 Å². The lowest BCUT2D eigenvalue weighted by Gasteiger charge is -2.16. The van der Waals surface area contributed by atoms with Crippen molar-refractivity contribution < 1.29 is 9.53 Å². The topological polar surface area (TPSA) is 67.3 Å². The van der Waals surface area contributed by atoms with Crippen molar-refractivity contribution in [3.05, 3.63) is 41.7 Å². The lowest BCUT2D eigenvalue weighted by Crippen LogP contribution is -2.23. The summed E-state index contributed by atoms with van der Waals surface area (Å²) < 4.78 is 5.11. The van der Waals surface area contributed by atoms with Crippen LogP contribution in [0, 0.1) is 6.92 Å². The standard InChI is InChI=1S/C17H20N4O2/c1-12-11-15(20-17(18-12)21-9-3-4-10-21)16(22)19-13-5-7-14(23-2)8-6-13/h5-8,11H,3-4,9-10H2,1-2H3,(H,19,22). The summed E-state index contributed by atoms with van der Waals surface area (Å²) in [5.41, 5.74) is 1.88. The molecule has 1 N–H and O–H groups in total. The predicted molar refractivity (Wildman–Crippen MR) is 89.2 cm³/mol. The average Bonchev–Trinajstić information content (AvgIpc) is 3.09. The molecule has 0 radical (unpaired) electrons. The van der Waals surface area contributed by atoms with Crippen LogP contribution >= 0.6 is 0 Å². The number of carbonyl (C=O) groups is 1. The first-order valence-corrected chi connectivity index (χ1v) is 7.72. The SMILES string of the molecule is COc1ccc(NC(=O)c2cc(C)nc(N3CCCC3)n2)cc1. The minimum atomic E-state index is -0.235. The molecule has 120 valence electrons. The van der Waals surface area contributed by atoms with Crippen LogP contribution < -0.4 is 15.0 Å². The summed E-state index contributed by atoms with van der Waals surface area (Å²) in [5.74, 6) is 1.15. The predicted octanol–water partition coefficient (Wildman–Crippen LogP) is 2.65. The highest BCUT2D eigenvalue weighted by Gasteiger charge is 2.18. The molecular weight excluding hydrogens is 292 g/mol. The third-order valence-electron chi connectivity index (χ3n) is 3.81. The molecule has 1 saturated heterocycles.